The van der Waals surface area contributed by atoms with Crippen LogP contribution in [0.1, 0.15) is 45.9 Å². The van der Waals surface area contributed by atoms with Gasteiger partial charge in [-0.15, -0.1) is 0 Å². The lowest BCUT2D eigenvalue weighted by Crippen LogP contribution is -2.07. The maximum Gasteiger partial charge on any atom is 0.357 e. The Morgan fingerprint density at radius 1 is 1.36 bits per heavy atom. The molecule has 25 heavy (non-hydrogen) atoms. The highest BCUT2D eigenvalue weighted by molar-refractivity contribution is 5.96. The van der Waals surface area contributed by atoms with Gasteiger partial charge in [0.25, 0.3) is 0 Å². The van der Waals surface area contributed by atoms with E-state index < -0.39 is 5.97 Å². The molecule has 3 aromatic rings. The van der Waals surface area contributed by atoms with Gasteiger partial charge in [0.05, 0.1) is 12.3 Å². The molecule has 8 heteroatoms. The zero-order valence-corrected chi connectivity index (χ0v) is 13.9. The first-order valence-electron chi connectivity index (χ1n) is 7.82. The number of rotatable bonds is 7. The highest BCUT2D eigenvalue weighted by Crippen LogP contribution is 2.23. The molecule has 0 bridgehead atoms. The van der Waals surface area contributed by atoms with Gasteiger partial charge >= 0.3 is 5.97 Å². The number of Topliss-reactive ketones (excluding diaryl/α,β-unsaturated/α-hetero) is 1. The zero-order valence-electron chi connectivity index (χ0n) is 13.9. The molecule has 8 nitrogen and oxygen atoms in total. The number of pyridine rings is 1. The van der Waals surface area contributed by atoms with Crippen LogP contribution < -0.4 is 4.74 Å². The second-order valence-corrected chi connectivity index (χ2v) is 5.40. The molecule has 0 aliphatic heterocycles. The lowest BCUT2D eigenvalue weighted by molar-refractivity contribution is 0.0690. The lowest BCUT2D eigenvalue weighted by Gasteiger charge is -2.05. The number of ether oxygens (including phenoxy) is 1. The average molecular weight is 343 g/mol. The summed E-state index contributed by atoms with van der Waals surface area (Å²) in [5.41, 5.74) is 1.50. The molecule has 3 heterocycles. The topological polar surface area (TPSA) is 107 Å². The van der Waals surface area contributed by atoms with Crippen molar-refractivity contribution in [3.63, 3.8) is 0 Å². The monoisotopic (exact) mass is 343 g/mol. The summed E-state index contributed by atoms with van der Waals surface area (Å²) in [6.45, 7) is 4.15. The minimum Gasteiger partial charge on any atom is -0.490 e. The van der Waals surface area contributed by atoms with Crippen molar-refractivity contribution in [2.75, 3.05) is 6.61 Å². The van der Waals surface area contributed by atoms with E-state index in [0.717, 1.165) is 6.26 Å². The largest absolute Gasteiger partial charge is 0.490 e. The van der Waals surface area contributed by atoms with Crippen molar-refractivity contribution in [1.82, 2.24) is 14.4 Å². The van der Waals surface area contributed by atoms with Gasteiger partial charge in [0.15, 0.2) is 28.8 Å². The molecule has 0 aliphatic rings. The van der Waals surface area contributed by atoms with Crippen LogP contribution in [0.5, 0.6) is 5.75 Å². The molecule has 0 saturated carbocycles. The first-order chi connectivity index (χ1) is 12.0. The number of nitrogens with zero attached hydrogens (tertiary/aromatic N) is 3. The fourth-order valence-electron chi connectivity index (χ4n) is 2.62. The Labute approximate surface area is 143 Å². The van der Waals surface area contributed by atoms with Crippen LogP contribution >= 0.6 is 0 Å². The molecule has 0 aliphatic carbocycles. The molecular formula is C17H17N3O5. The molecule has 0 aromatic carbocycles. The van der Waals surface area contributed by atoms with Crippen molar-refractivity contribution in [1.29, 1.82) is 0 Å². The van der Waals surface area contributed by atoms with Gasteiger partial charge < -0.3 is 14.3 Å². The number of carboxylic acid groups (broad SMARTS) is 1. The molecular weight excluding hydrogens is 326 g/mol. The first kappa shape index (κ1) is 16.7. The number of carbonyl (C=O) groups excluding carboxylic acids is 1. The third-order valence-corrected chi connectivity index (χ3v) is 3.69. The van der Waals surface area contributed by atoms with Crippen molar-refractivity contribution in [2.45, 2.75) is 26.7 Å². The highest BCUT2D eigenvalue weighted by Gasteiger charge is 2.19. The van der Waals surface area contributed by atoms with Gasteiger partial charge in [-0.1, -0.05) is 0 Å². The van der Waals surface area contributed by atoms with Crippen molar-refractivity contribution >= 4 is 17.4 Å². The van der Waals surface area contributed by atoms with Crippen molar-refractivity contribution in [3.05, 3.63) is 47.6 Å². The Morgan fingerprint density at radius 2 is 2.16 bits per heavy atom. The predicted octanol–water partition coefficient (Wildman–Crippen LogP) is 2.54. The number of carbonyl (C=O) groups is 2. The summed E-state index contributed by atoms with van der Waals surface area (Å²) >= 11 is 0. The van der Waals surface area contributed by atoms with Crippen molar-refractivity contribution < 1.29 is 23.8 Å². The Balaban J connectivity index is 1.83. The third-order valence-electron chi connectivity index (χ3n) is 3.69. The van der Waals surface area contributed by atoms with E-state index in [9.17, 15) is 9.59 Å². The average Bonchev–Trinajstić information content (AvgIpc) is 3.17. The molecule has 0 atom stereocenters. The first-order valence-corrected chi connectivity index (χ1v) is 7.82. The summed E-state index contributed by atoms with van der Waals surface area (Å²) in [7, 11) is 0. The molecule has 0 fully saturated rings. The van der Waals surface area contributed by atoms with E-state index in [2.05, 4.69) is 9.97 Å². The molecule has 130 valence electrons. The quantitative estimate of drug-likeness (QED) is 0.657. The van der Waals surface area contributed by atoms with E-state index in [1.54, 1.807) is 29.7 Å². The van der Waals surface area contributed by atoms with Gasteiger partial charge in [-0.25, -0.2) is 14.8 Å². The lowest BCUT2D eigenvalue weighted by atomic mass is 10.1. The summed E-state index contributed by atoms with van der Waals surface area (Å²) < 4.78 is 12.3. The third kappa shape index (κ3) is 3.23. The Hall–Kier alpha value is -3.16. The summed E-state index contributed by atoms with van der Waals surface area (Å²) in [6.07, 6.45) is 3.17. The predicted molar refractivity (Wildman–Crippen MR) is 87.2 cm³/mol. The van der Waals surface area contributed by atoms with Crippen molar-refractivity contribution in [2.24, 2.45) is 0 Å². The number of hydrogen-bond acceptors (Lipinski definition) is 6. The van der Waals surface area contributed by atoms with Crippen LogP contribution in [0.4, 0.5) is 0 Å². The molecule has 0 spiro atoms. The van der Waals surface area contributed by atoms with Crippen LogP contribution in [0.3, 0.4) is 0 Å². The Kier molecular flexibility index (Phi) is 4.51. The summed E-state index contributed by atoms with van der Waals surface area (Å²) in [5, 5.41) is 8.84. The minimum absolute atomic E-state index is 0.131. The molecule has 0 saturated heterocycles. The molecule has 3 aromatic heterocycles. The number of ketones is 1. The number of aryl methyl sites for hydroxylation is 2. The number of fused-ring (bicyclic) bond motifs is 1. The number of carboxylic acids is 1. The van der Waals surface area contributed by atoms with Crippen LogP contribution in [0, 0.1) is 6.92 Å². The zero-order chi connectivity index (χ0) is 18.0. The molecule has 1 N–H and O–H groups in total. The summed E-state index contributed by atoms with van der Waals surface area (Å²) in [4.78, 5) is 31.7. The van der Waals surface area contributed by atoms with E-state index >= 15 is 0 Å². The van der Waals surface area contributed by atoms with Crippen LogP contribution in [0.2, 0.25) is 0 Å². The van der Waals surface area contributed by atoms with Gasteiger partial charge in [-0.3, -0.25) is 9.20 Å². The van der Waals surface area contributed by atoms with Gasteiger partial charge in [-0.05, 0) is 26.0 Å². The standard InChI is InChI=1S/C17H17N3O5/c1-3-24-13-5-4-8-20-15(10(2)18-16(13)20)12(21)6-7-14-19-11(9-25-14)17(22)23/h4-5,8-9H,3,6-7H2,1-2H3,(H,22,23). The van der Waals surface area contributed by atoms with Crippen LogP contribution in [0.15, 0.2) is 29.0 Å². The van der Waals surface area contributed by atoms with Crippen LogP contribution in [-0.4, -0.2) is 37.8 Å². The van der Waals surface area contributed by atoms with E-state index in [-0.39, 0.29) is 30.2 Å². The smallest absolute Gasteiger partial charge is 0.357 e. The summed E-state index contributed by atoms with van der Waals surface area (Å²) in [5.74, 6) is -0.464. The van der Waals surface area contributed by atoms with E-state index in [1.165, 1.54) is 0 Å². The molecule has 0 amide bonds. The van der Waals surface area contributed by atoms with Crippen LogP contribution in [-0.2, 0) is 6.42 Å². The van der Waals surface area contributed by atoms with Crippen LogP contribution in [0.25, 0.3) is 5.65 Å². The number of aromatic nitrogens is 3. The minimum atomic E-state index is -1.16. The van der Waals surface area contributed by atoms with Gasteiger partial charge in [0.2, 0.25) is 0 Å². The maximum atomic E-state index is 12.6. The van der Waals surface area contributed by atoms with E-state index in [1.807, 2.05) is 6.92 Å². The molecule has 0 unspecified atom stereocenters. The SMILES string of the molecule is CCOc1cccn2c(C(=O)CCc3nc(C(=O)O)co3)c(C)nc12. The number of aromatic carboxylic acids is 1. The van der Waals surface area contributed by atoms with Gasteiger partial charge in [0.1, 0.15) is 12.0 Å². The Morgan fingerprint density at radius 3 is 2.84 bits per heavy atom. The second kappa shape index (κ2) is 6.76. The van der Waals surface area contributed by atoms with Gasteiger partial charge in [-0.2, -0.15) is 0 Å². The van der Waals surface area contributed by atoms with Gasteiger partial charge in [0, 0.05) is 19.0 Å². The highest BCUT2D eigenvalue weighted by atomic mass is 16.5. The number of hydrogen-bond donors (Lipinski definition) is 1. The fourth-order valence-corrected chi connectivity index (χ4v) is 2.62. The van der Waals surface area contributed by atoms with E-state index in [4.69, 9.17) is 14.3 Å². The molecule has 3 rings (SSSR count). The number of oxazole rings is 1. The van der Waals surface area contributed by atoms with E-state index in [0.29, 0.717) is 29.4 Å². The fraction of sp³-hybridized carbons (Fsp3) is 0.294. The number of imidazole rings is 1. The summed E-state index contributed by atoms with van der Waals surface area (Å²) in [6, 6.07) is 3.60. The molecule has 0 radical (unpaired) electrons. The maximum absolute atomic E-state index is 12.6. The normalized spacial score (nSPS) is 11.0. The van der Waals surface area contributed by atoms with Crippen molar-refractivity contribution in [3.8, 4) is 5.75 Å². The Bertz CT molecular complexity index is 941. The second-order valence-electron chi connectivity index (χ2n) is 5.40.